The number of hydrogen-bond acceptors (Lipinski definition) is 2. The summed E-state index contributed by atoms with van der Waals surface area (Å²) in [6.45, 7) is 5.51. The normalized spacial score (nSPS) is 27.2. The number of carbonyl (C=O) groups is 1. The van der Waals surface area contributed by atoms with Gasteiger partial charge in [0.15, 0.2) is 0 Å². The SMILES string of the molecule is C[C@H]1CC2C[C@@H](CN(C)C2)[C@H]1CNC(=O)Nc1ccccc1-c1ccccc1. The van der Waals surface area contributed by atoms with Crippen LogP contribution in [0.15, 0.2) is 54.6 Å². The average Bonchev–Trinajstić information content (AvgIpc) is 2.68. The topological polar surface area (TPSA) is 44.4 Å². The van der Waals surface area contributed by atoms with E-state index in [1.165, 1.54) is 19.4 Å². The Morgan fingerprint density at radius 2 is 1.79 bits per heavy atom. The molecule has 28 heavy (non-hydrogen) atoms. The minimum atomic E-state index is -0.109. The van der Waals surface area contributed by atoms with E-state index in [0.717, 1.165) is 35.8 Å². The summed E-state index contributed by atoms with van der Waals surface area (Å²) in [6, 6.07) is 18.0. The lowest BCUT2D eigenvalue weighted by atomic mass is 9.66. The van der Waals surface area contributed by atoms with E-state index in [9.17, 15) is 4.79 Å². The van der Waals surface area contributed by atoms with Crippen molar-refractivity contribution in [2.45, 2.75) is 19.8 Å². The molecule has 2 bridgehead atoms. The minimum Gasteiger partial charge on any atom is -0.338 e. The second-order valence-corrected chi connectivity index (χ2v) is 8.71. The van der Waals surface area contributed by atoms with Crippen LogP contribution in [-0.2, 0) is 0 Å². The molecular formula is C24H31N3O. The van der Waals surface area contributed by atoms with Crippen LogP contribution in [0.2, 0.25) is 0 Å². The first-order valence-electron chi connectivity index (χ1n) is 10.5. The Labute approximate surface area is 168 Å². The number of nitrogens with one attached hydrogen (secondary N) is 2. The van der Waals surface area contributed by atoms with Crippen molar-refractivity contribution in [1.82, 2.24) is 10.2 Å². The number of nitrogens with zero attached hydrogens (tertiary/aromatic N) is 1. The van der Waals surface area contributed by atoms with Gasteiger partial charge in [-0.15, -0.1) is 0 Å². The quantitative estimate of drug-likeness (QED) is 0.811. The van der Waals surface area contributed by atoms with Crippen LogP contribution in [0.25, 0.3) is 11.1 Å². The maximum absolute atomic E-state index is 12.7. The van der Waals surface area contributed by atoms with Gasteiger partial charge >= 0.3 is 6.03 Å². The van der Waals surface area contributed by atoms with Gasteiger partial charge < -0.3 is 15.5 Å². The van der Waals surface area contributed by atoms with Gasteiger partial charge in [-0.05, 0) is 55.2 Å². The molecule has 2 aromatic carbocycles. The summed E-state index contributed by atoms with van der Waals surface area (Å²) in [5, 5.41) is 6.23. The Morgan fingerprint density at radius 3 is 2.61 bits per heavy atom. The number of para-hydroxylation sites is 1. The molecule has 2 aliphatic rings. The number of amides is 2. The lowest BCUT2D eigenvalue weighted by Gasteiger charge is -2.47. The number of piperidine rings is 1. The summed E-state index contributed by atoms with van der Waals surface area (Å²) in [6.07, 6.45) is 2.60. The molecule has 1 saturated heterocycles. The van der Waals surface area contributed by atoms with Gasteiger partial charge in [0.05, 0.1) is 5.69 Å². The van der Waals surface area contributed by atoms with E-state index in [4.69, 9.17) is 0 Å². The Morgan fingerprint density at radius 1 is 1.04 bits per heavy atom. The number of benzene rings is 2. The van der Waals surface area contributed by atoms with Crippen LogP contribution in [-0.4, -0.2) is 37.6 Å². The zero-order valence-electron chi connectivity index (χ0n) is 16.9. The zero-order valence-corrected chi connectivity index (χ0v) is 16.9. The zero-order chi connectivity index (χ0) is 19.5. The molecule has 2 aromatic rings. The van der Waals surface area contributed by atoms with Gasteiger partial charge in [0.1, 0.15) is 0 Å². The summed E-state index contributed by atoms with van der Waals surface area (Å²) in [7, 11) is 2.23. The van der Waals surface area contributed by atoms with Crippen LogP contribution < -0.4 is 10.6 Å². The van der Waals surface area contributed by atoms with Gasteiger partial charge in [-0.2, -0.15) is 0 Å². The monoisotopic (exact) mass is 377 g/mol. The molecule has 1 aliphatic carbocycles. The number of rotatable bonds is 4. The van der Waals surface area contributed by atoms with Crippen molar-refractivity contribution in [3.8, 4) is 11.1 Å². The molecule has 4 heteroatoms. The predicted molar refractivity (Wildman–Crippen MR) is 115 cm³/mol. The first kappa shape index (κ1) is 19.0. The second kappa shape index (κ2) is 8.36. The highest BCUT2D eigenvalue weighted by Gasteiger charge is 2.39. The molecule has 0 aromatic heterocycles. The van der Waals surface area contributed by atoms with Crippen LogP contribution in [0, 0.1) is 23.7 Å². The van der Waals surface area contributed by atoms with Crippen molar-refractivity contribution in [3.05, 3.63) is 54.6 Å². The molecule has 1 saturated carbocycles. The summed E-state index contributed by atoms with van der Waals surface area (Å²) in [4.78, 5) is 15.1. The molecule has 1 heterocycles. The molecule has 0 spiro atoms. The van der Waals surface area contributed by atoms with Crippen molar-refractivity contribution >= 4 is 11.7 Å². The van der Waals surface area contributed by atoms with E-state index < -0.39 is 0 Å². The van der Waals surface area contributed by atoms with E-state index in [0.29, 0.717) is 17.8 Å². The first-order chi connectivity index (χ1) is 13.6. The molecule has 148 valence electrons. The highest BCUT2D eigenvalue weighted by atomic mass is 16.2. The van der Waals surface area contributed by atoms with Crippen LogP contribution in [0.5, 0.6) is 0 Å². The Bertz CT molecular complexity index is 803. The van der Waals surface area contributed by atoms with Gasteiger partial charge in [-0.1, -0.05) is 55.5 Å². The molecule has 2 N–H and O–H groups in total. The largest absolute Gasteiger partial charge is 0.338 e. The van der Waals surface area contributed by atoms with Gasteiger partial charge in [0.25, 0.3) is 0 Å². The van der Waals surface area contributed by atoms with Gasteiger partial charge in [-0.3, -0.25) is 0 Å². The molecule has 4 rings (SSSR count). The lowest BCUT2D eigenvalue weighted by molar-refractivity contribution is 0.0285. The van der Waals surface area contributed by atoms with E-state index >= 15 is 0 Å². The van der Waals surface area contributed by atoms with E-state index in [-0.39, 0.29) is 6.03 Å². The number of fused-ring (bicyclic) bond motifs is 2. The molecule has 0 radical (unpaired) electrons. The van der Waals surface area contributed by atoms with Gasteiger partial charge in [0, 0.05) is 25.2 Å². The van der Waals surface area contributed by atoms with E-state index in [1.54, 1.807) is 0 Å². The first-order valence-corrected chi connectivity index (χ1v) is 10.5. The number of hydrogen-bond donors (Lipinski definition) is 2. The average molecular weight is 378 g/mol. The Balaban J connectivity index is 1.39. The van der Waals surface area contributed by atoms with Crippen molar-refractivity contribution in [2.75, 3.05) is 32.0 Å². The predicted octanol–water partition coefficient (Wildman–Crippen LogP) is 4.70. The highest BCUT2D eigenvalue weighted by molar-refractivity contribution is 5.94. The molecule has 2 fully saturated rings. The Kier molecular flexibility index (Phi) is 5.67. The number of urea groups is 1. The highest BCUT2D eigenvalue weighted by Crippen LogP contribution is 2.41. The fourth-order valence-corrected chi connectivity index (χ4v) is 5.35. The standard InChI is InChI=1S/C24H31N3O/c1-17-12-18-13-20(16-27(2)15-18)22(17)14-25-24(28)26-23-11-7-6-10-21(23)19-8-4-3-5-9-19/h3-11,17-18,20,22H,12-16H2,1-2H3,(H2,25,26,28)/t17-,18?,20-,22-/m0/s1. The summed E-state index contributed by atoms with van der Waals surface area (Å²) in [5.74, 6) is 2.77. The van der Waals surface area contributed by atoms with Crippen molar-refractivity contribution in [2.24, 2.45) is 23.7 Å². The summed E-state index contributed by atoms with van der Waals surface area (Å²) in [5.41, 5.74) is 3.00. The Hall–Kier alpha value is -2.33. The smallest absolute Gasteiger partial charge is 0.319 e. The molecule has 1 unspecified atom stereocenters. The van der Waals surface area contributed by atoms with Crippen LogP contribution in [0.3, 0.4) is 0 Å². The second-order valence-electron chi connectivity index (χ2n) is 8.71. The van der Waals surface area contributed by atoms with E-state index in [1.807, 2.05) is 42.5 Å². The molecule has 1 aliphatic heterocycles. The lowest BCUT2D eigenvalue weighted by Crippen LogP contribution is -2.50. The van der Waals surface area contributed by atoms with Crippen LogP contribution >= 0.6 is 0 Å². The summed E-state index contributed by atoms with van der Waals surface area (Å²) < 4.78 is 0. The number of anilines is 1. The third-order valence-electron chi connectivity index (χ3n) is 6.55. The van der Waals surface area contributed by atoms with Gasteiger partial charge in [-0.25, -0.2) is 4.79 Å². The number of likely N-dealkylation sites (tertiary alicyclic amines) is 1. The van der Waals surface area contributed by atoms with E-state index in [2.05, 4.69) is 41.6 Å². The number of carbonyl (C=O) groups excluding carboxylic acids is 1. The van der Waals surface area contributed by atoms with Crippen LogP contribution in [0.1, 0.15) is 19.8 Å². The molecule has 2 amide bonds. The van der Waals surface area contributed by atoms with Crippen molar-refractivity contribution in [3.63, 3.8) is 0 Å². The summed E-state index contributed by atoms with van der Waals surface area (Å²) >= 11 is 0. The minimum absolute atomic E-state index is 0.109. The van der Waals surface area contributed by atoms with Gasteiger partial charge in [0.2, 0.25) is 0 Å². The molecule has 4 nitrogen and oxygen atoms in total. The fourth-order valence-electron chi connectivity index (χ4n) is 5.35. The maximum Gasteiger partial charge on any atom is 0.319 e. The van der Waals surface area contributed by atoms with Crippen molar-refractivity contribution < 1.29 is 4.79 Å². The molecular weight excluding hydrogens is 346 g/mol. The third kappa shape index (κ3) is 4.22. The maximum atomic E-state index is 12.7. The third-order valence-corrected chi connectivity index (χ3v) is 6.55. The fraction of sp³-hybridized carbons (Fsp3) is 0.458. The van der Waals surface area contributed by atoms with Crippen LogP contribution in [0.4, 0.5) is 10.5 Å². The van der Waals surface area contributed by atoms with Crippen molar-refractivity contribution in [1.29, 1.82) is 0 Å². The molecule has 4 atom stereocenters.